The zero-order valence-corrected chi connectivity index (χ0v) is 12.9. The molecule has 2 aromatic heterocycles. The van der Waals surface area contributed by atoms with E-state index in [9.17, 15) is 4.79 Å². The highest BCUT2D eigenvalue weighted by Crippen LogP contribution is 2.25. The van der Waals surface area contributed by atoms with Crippen LogP contribution < -0.4 is 5.32 Å². The highest BCUT2D eigenvalue weighted by atomic mass is 35.5. The second kappa shape index (κ2) is 6.20. The van der Waals surface area contributed by atoms with Crippen molar-refractivity contribution in [2.24, 2.45) is 0 Å². The lowest BCUT2D eigenvalue weighted by molar-refractivity contribution is 0.0954. The summed E-state index contributed by atoms with van der Waals surface area (Å²) in [6, 6.07) is 9.30. The van der Waals surface area contributed by atoms with E-state index in [0.29, 0.717) is 17.1 Å². The van der Waals surface area contributed by atoms with Gasteiger partial charge in [-0.25, -0.2) is 0 Å². The molecular weight excluding hydrogens is 298 g/mol. The van der Waals surface area contributed by atoms with E-state index in [0.717, 1.165) is 23.0 Å². The third-order valence-electron chi connectivity index (χ3n) is 3.67. The average Bonchev–Trinajstić information content (AvgIpc) is 2.83. The topological polar surface area (TPSA) is 57.8 Å². The highest BCUT2D eigenvalue weighted by Gasteiger charge is 2.10. The van der Waals surface area contributed by atoms with Crippen LogP contribution in [-0.2, 0) is 6.42 Å². The van der Waals surface area contributed by atoms with Gasteiger partial charge in [-0.2, -0.15) is 0 Å². The van der Waals surface area contributed by atoms with Gasteiger partial charge in [0.2, 0.25) is 0 Å². The number of hydrogen-bond acceptors (Lipinski definition) is 2. The molecule has 0 bridgehead atoms. The molecule has 0 spiro atoms. The number of halogens is 1. The minimum atomic E-state index is -0.108. The van der Waals surface area contributed by atoms with Crippen LogP contribution in [0.2, 0.25) is 5.02 Å². The van der Waals surface area contributed by atoms with Gasteiger partial charge >= 0.3 is 0 Å². The van der Waals surface area contributed by atoms with Crippen LogP contribution in [0.5, 0.6) is 0 Å². The zero-order valence-electron chi connectivity index (χ0n) is 12.2. The summed E-state index contributed by atoms with van der Waals surface area (Å²) in [7, 11) is 0. The predicted octanol–water partition coefficient (Wildman–Crippen LogP) is 3.50. The maximum Gasteiger partial charge on any atom is 0.252 e. The summed E-state index contributed by atoms with van der Waals surface area (Å²) in [5.74, 6) is -0.108. The number of amides is 1. The molecule has 112 valence electrons. The van der Waals surface area contributed by atoms with Gasteiger partial charge in [-0.3, -0.25) is 9.78 Å². The van der Waals surface area contributed by atoms with E-state index in [4.69, 9.17) is 11.6 Å². The monoisotopic (exact) mass is 313 g/mol. The van der Waals surface area contributed by atoms with E-state index < -0.39 is 0 Å². The molecule has 3 aromatic rings. The number of carbonyl (C=O) groups excluding carboxylic acids is 1. The number of carbonyl (C=O) groups is 1. The molecule has 22 heavy (non-hydrogen) atoms. The van der Waals surface area contributed by atoms with Crippen molar-refractivity contribution in [1.29, 1.82) is 0 Å². The average molecular weight is 314 g/mol. The first-order valence-corrected chi connectivity index (χ1v) is 7.48. The Morgan fingerprint density at radius 3 is 3.00 bits per heavy atom. The first kappa shape index (κ1) is 14.6. The Hall–Kier alpha value is -2.33. The number of fused-ring (bicyclic) bond motifs is 1. The molecule has 0 atom stereocenters. The van der Waals surface area contributed by atoms with Gasteiger partial charge < -0.3 is 10.3 Å². The van der Waals surface area contributed by atoms with E-state index in [-0.39, 0.29) is 5.91 Å². The normalized spacial score (nSPS) is 10.8. The molecule has 0 saturated heterocycles. The number of aromatic amines is 1. The quantitative estimate of drug-likeness (QED) is 0.774. The molecule has 0 fully saturated rings. The van der Waals surface area contributed by atoms with E-state index in [1.807, 2.05) is 25.1 Å². The first-order valence-electron chi connectivity index (χ1n) is 7.10. The van der Waals surface area contributed by atoms with Gasteiger partial charge in [0.15, 0.2) is 0 Å². The number of nitrogens with zero attached hydrogens (tertiary/aromatic N) is 1. The van der Waals surface area contributed by atoms with Crippen LogP contribution in [0.1, 0.15) is 21.6 Å². The van der Waals surface area contributed by atoms with Crippen LogP contribution in [0, 0.1) is 6.92 Å². The van der Waals surface area contributed by atoms with E-state index in [1.165, 1.54) is 5.56 Å². The van der Waals surface area contributed by atoms with Crippen molar-refractivity contribution in [1.82, 2.24) is 15.3 Å². The minimum Gasteiger partial charge on any atom is -0.358 e. The summed E-state index contributed by atoms with van der Waals surface area (Å²) in [5, 5.41) is 4.74. The Morgan fingerprint density at radius 2 is 2.23 bits per heavy atom. The SMILES string of the molecule is Cc1[nH]c2ccc(Cl)cc2c1CCNC(=O)c1cccnc1. The Balaban J connectivity index is 1.71. The molecular formula is C17H16ClN3O. The number of hydrogen-bond donors (Lipinski definition) is 2. The van der Waals surface area contributed by atoms with Crippen molar-refractivity contribution in [2.75, 3.05) is 6.54 Å². The summed E-state index contributed by atoms with van der Waals surface area (Å²) in [6.07, 6.45) is 3.96. The largest absolute Gasteiger partial charge is 0.358 e. The fourth-order valence-corrected chi connectivity index (χ4v) is 2.75. The summed E-state index contributed by atoms with van der Waals surface area (Å²) in [4.78, 5) is 19.3. The standard InChI is InChI=1S/C17H16ClN3O/c1-11-14(15-9-13(18)4-5-16(15)21-11)6-8-20-17(22)12-3-2-7-19-10-12/h2-5,7,9-10,21H,6,8H2,1H3,(H,20,22). The zero-order chi connectivity index (χ0) is 15.5. The van der Waals surface area contributed by atoms with Crippen molar-refractivity contribution >= 4 is 28.4 Å². The molecule has 0 radical (unpaired) electrons. The Morgan fingerprint density at radius 1 is 1.36 bits per heavy atom. The van der Waals surface area contributed by atoms with Crippen LogP contribution in [0.3, 0.4) is 0 Å². The number of aromatic nitrogens is 2. The van der Waals surface area contributed by atoms with Crippen molar-refractivity contribution in [3.05, 3.63) is 64.6 Å². The lowest BCUT2D eigenvalue weighted by atomic mass is 10.1. The molecule has 3 rings (SSSR count). The molecule has 1 amide bonds. The lowest BCUT2D eigenvalue weighted by Gasteiger charge is -2.05. The molecule has 2 N–H and O–H groups in total. The number of pyridine rings is 1. The van der Waals surface area contributed by atoms with Crippen LogP contribution in [0.4, 0.5) is 0 Å². The molecule has 5 heteroatoms. The van der Waals surface area contributed by atoms with E-state index in [2.05, 4.69) is 15.3 Å². The third kappa shape index (κ3) is 2.97. The fraction of sp³-hybridized carbons (Fsp3) is 0.176. The predicted molar refractivity (Wildman–Crippen MR) is 88.3 cm³/mol. The molecule has 0 unspecified atom stereocenters. The van der Waals surface area contributed by atoms with Crippen molar-refractivity contribution < 1.29 is 4.79 Å². The minimum absolute atomic E-state index is 0.108. The van der Waals surface area contributed by atoms with Crippen molar-refractivity contribution in [3.63, 3.8) is 0 Å². The molecule has 0 aliphatic rings. The molecule has 0 saturated carbocycles. The fourth-order valence-electron chi connectivity index (χ4n) is 2.58. The van der Waals surface area contributed by atoms with Crippen LogP contribution in [-0.4, -0.2) is 22.4 Å². The third-order valence-corrected chi connectivity index (χ3v) is 3.90. The van der Waals surface area contributed by atoms with Crippen molar-refractivity contribution in [3.8, 4) is 0 Å². The Kier molecular flexibility index (Phi) is 4.11. The van der Waals surface area contributed by atoms with Gasteiger partial charge in [0.1, 0.15) is 0 Å². The smallest absolute Gasteiger partial charge is 0.252 e. The van der Waals surface area contributed by atoms with Crippen LogP contribution >= 0.6 is 11.6 Å². The number of aryl methyl sites for hydroxylation is 1. The number of nitrogens with one attached hydrogen (secondary N) is 2. The summed E-state index contributed by atoms with van der Waals surface area (Å²) < 4.78 is 0. The van der Waals surface area contributed by atoms with Crippen molar-refractivity contribution in [2.45, 2.75) is 13.3 Å². The van der Waals surface area contributed by atoms with Gasteiger partial charge in [-0.1, -0.05) is 11.6 Å². The van der Waals surface area contributed by atoms with Crippen LogP contribution in [0.25, 0.3) is 10.9 Å². The maximum atomic E-state index is 12.0. The number of rotatable bonds is 4. The molecule has 1 aromatic carbocycles. The van der Waals surface area contributed by atoms with Gasteiger partial charge in [0, 0.05) is 40.6 Å². The Bertz CT molecular complexity index is 811. The molecule has 4 nitrogen and oxygen atoms in total. The summed E-state index contributed by atoms with van der Waals surface area (Å²) in [5.41, 5.74) is 3.92. The summed E-state index contributed by atoms with van der Waals surface area (Å²) in [6.45, 7) is 2.60. The van der Waals surface area contributed by atoms with E-state index in [1.54, 1.807) is 24.5 Å². The van der Waals surface area contributed by atoms with Gasteiger partial charge in [0.05, 0.1) is 5.56 Å². The van der Waals surface area contributed by atoms with E-state index >= 15 is 0 Å². The molecule has 2 heterocycles. The summed E-state index contributed by atoms with van der Waals surface area (Å²) >= 11 is 6.07. The second-order valence-electron chi connectivity index (χ2n) is 5.17. The highest BCUT2D eigenvalue weighted by molar-refractivity contribution is 6.31. The number of benzene rings is 1. The second-order valence-corrected chi connectivity index (χ2v) is 5.60. The molecule has 0 aliphatic carbocycles. The first-order chi connectivity index (χ1) is 10.6. The van der Waals surface area contributed by atoms with Gasteiger partial charge in [-0.05, 0) is 49.2 Å². The van der Waals surface area contributed by atoms with Crippen LogP contribution in [0.15, 0.2) is 42.7 Å². The molecule has 0 aliphatic heterocycles. The van der Waals surface area contributed by atoms with Gasteiger partial charge in [-0.15, -0.1) is 0 Å². The maximum absolute atomic E-state index is 12.0. The lowest BCUT2D eigenvalue weighted by Crippen LogP contribution is -2.25. The van der Waals surface area contributed by atoms with Gasteiger partial charge in [0.25, 0.3) is 5.91 Å². The Labute approximate surface area is 133 Å². The number of H-pyrrole nitrogens is 1.